The zero-order valence-electron chi connectivity index (χ0n) is 13.9. The fourth-order valence-electron chi connectivity index (χ4n) is 2.82. The summed E-state index contributed by atoms with van der Waals surface area (Å²) in [5, 5.41) is 3.70. The Labute approximate surface area is 142 Å². The van der Waals surface area contributed by atoms with E-state index in [1.54, 1.807) is 11.8 Å². The molecule has 0 bridgehead atoms. The summed E-state index contributed by atoms with van der Waals surface area (Å²) in [5.41, 5.74) is 1.02. The molecule has 3 amide bonds. The number of amides is 3. The lowest BCUT2D eigenvalue weighted by Gasteiger charge is -2.36. The summed E-state index contributed by atoms with van der Waals surface area (Å²) in [6.45, 7) is 4.87. The van der Waals surface area contributed by atoms with Crippen molar-refractivity contribution >= 4 is 23.5 Å². The van der Waals surface area contributed by atoms with Gasteiger partial charge in [-0.2, -0.15) is 0 Å². The highest BCUT2D eigenvalue weighted by Crippen LogP contribution is 2.18. The number of hydrogen-bond acceptors (Lipinski definition) is 2. The Balaban J connectivity index is 1.85. The van der Waals surface area contributed by atoms with Gasteiger partial charge in [0.05, 0.1) is 6.04 Å². The first kappa shape index (κ1) is 17.6. The predicted molar refractivity (Wildman–Crippen MR) is 91.4 cm³/mol. The summed E-state index contributed by atoms with van der Waals surface area (Å²) in [4.78, 5) is 27.4. The number of rotatable bonds is 3. The molecule has 1 N–H and O–H groups in total. The minimum atomic E-state index is -0.0719. The summed E-state index contributed by atoms with van der Waals surface area (Å²) in [6.07, 6.45) is 1.64. The average molecular weight is 338 g/mol. The molecule has 0 radical (unpaired) electrons. The number of urea groups is 1. The molecule has 1 atom stereocenters. The van der Waals surface area contributed by atoms with Gasteiger partial charge >= 0.3 is 6.03 Å². The van der Waals surface area contributed by atoms with E-state index in [0.717, 1.165) is 18.4 Å². The van der Waals surface area contributed by atoms with E-state index >= 15 is 0 Å². The second-order valence-electron chi connectivity index (χ2n) is 6.07. The molecule has 2 rings (SSSR count). The molecule has 126 valence electrons. The number of nitrogens with zero attached hydrogens (tertiary/aromatic N) is 2. The zero-order chi connectivity index (χ0) is 17.0. The molecule has 1 aromatic rings. The third-order valence-corrected chi connectivity index (χ3v) is 4.76. The van der Waals surface area contributed by atoms with Crippen LogP contribution in [0.4, 0.5) is 4.79 Å². The first-order valence-electron chi connectivity index (χ1n) is 7.92. The Morgan fingerprint density at radius 3 is 2.35 bits per heavy atom. The monoisotopic (exact) mass is 337 g/mol. The molecular formula is C17H24ClN3O2. The molecule has 0 unspecified atom stereocenters. The normalized spacial score (nSPS) is 16.8. The standard InChI is InChI=1S/C17H24ClN3O2/c1-12(14-4-6-15(18)7-5-14)19-17(23)21-10-8-16(9-11-21)20(3)13(2)22/h4-7,12,16H,8-11H2,1-3H3,(H,19,23)/t12-/m1/s1. The summed E-state index contributed by atoms with van der Waals surface area (Å²) >= 11 is 5.88. The van der Waals surface area contributed by atoms with Gasteiger partial charge in [0.1, 0.15) is 0 Å². The van der Waals surface area contributed by atoms with Crippen LogP contribution in [0.1, 0.15) is 38.3 Å². The van der Waals surface area contributed by atoms with Gasteiger partial charge in [-0.3, -0.25) is 4.79 Å². The maximum atomic E-state index is 12.4. The number of likely N-dealkylation sites (tertiary alicyclic amines) is 1. The van der Waals surface area contributed by atoms with Crippen molar-refractivity contribution in [3.63, 3.8) is 0 Å². The van der Waals surface area contributed by atoms with Crippen LogP contribution in [-0.4, -0.2) is 47.9 Å². The van der Waals surface area contributed by atoms with Gasteiger partial charge in [0, 0.05) is 38.1 Å². The highest BCUT2D eigenvalue weighted by molar-refractivity contribution is 6.30. The summed E-state index contributed by atoms with van der Waals surface area (Å²) < 4.78 is 0. The van der Waals surface area contributed by atoms with E-state index in [1.165, 1.54) is 0 Å². The number of piperidine rings is 1. The molecule has 23 heavy (non-hydrogen) atoms. The van der Waals surface area contributed by atoms with Crippen LogP contribution in [0, 0.1) is 0 Å². The van der Waals surface area contributed by atoms with Gasteiger partial charge in [0.2, 0.25) is 5.91 Å². The van der Waals surface area contributed by atoms with Crippen molar-refractivity contribution in [3.05, 3.63) is 34.9 Å². The van der Waals surface area contributed by atoms with Crippen LogP contribution in [0.15, 0.2) is 24.3 Å². The quantitative estimate of drug-likeness (QED) is 0.921. The second-order valence-corrected chi connectivity index (χ2v) is 6.51. The molecule has 1 saturated heterocycles. The minimum absolute atomic E-state index is 0.0589. The Hall–Kier alpha value is -1.75. The highest BCUT2D eigenvalue weighted by atomic mass is 35.5. The van der Waals surface area contributed by atoms with Crippen LogP contribution in [0.5, 0.6) is 0 Å². The van der Waals surface area contributed by atoms with Gasteiger partial charge in [0.15, 0.2) is 0 Å². The van der Waals surface area contributed by atoms with Gasteiger partial charge in [0.25, 0.3) is 0 Å². The van der Waals surface area contributed by atoms with Crippen molar-refractivity contribution < 1.29 is 9.59 Å². The summed E-state index contributed by atoms with van der Waals surface area (Å²) in [7, 11) is 1.82. The van der Waals surface area contributed by atoms with Gasteiger partial charge in [-0.25, -0.2) is 4.79 Å². The SMILES string of the molecule is CC(=O)N(C)C1CCN(C(=O)N[C@H](C)c2ccc(Cl)cc2)CC1. The highest BCUT2D eigenvalue weighted by Gasteiger charge is 2.26. The minimum Gasteiger partial charge on any atom is -0.343 e. The molecular weight excluding hydrogens is 314 g/mol. The number of benzene rings is 1. The van der Waals surface area contributed by atoms with E-state index in [2.05, 4.69) is 5.32 Å². The largest absolute Gasteiger partial charge is 0.343 e. The van der Waals surface area contributed by atoms with E-state index in [4.69, 9.17) is 11.6 Å². The van der Waals surface area contributed by atoms with Gasteiger partial charge in [-0.15, -0.1) is 0 Å². The van der Waals surface area contributed by atoms with Crippen LogP contribution in [0.2, 0.25) is 5.02 Å². The molecule has 0 spiro atoms. The smallest absolute Gasteiger partial charge is 0.317 e. The predicted octanol–water partition coefficient (Wildman–Crippen LogP) is 3.05. The van der Waals surface area contributed by atoms with Crippen LogP contribution < -0.4 is 5.32 Å². The van der Waals surface area contributed by atoms with E-state index in [9.17, 15) is 9.59 Å². The number of carbonyl (C=O) groups excluding carboxylic acids is 2. The number of nitrogens with one attached hydrogen (secondary N) is 1. The third kappa shape index (κ3) is 4.61. The second kappa shape index (κ2) is 7.68. The average Bonchev–Trinajstić information content (AvgIpc) is 2.54. The maximum Gasteiger partial charge on any atom is 0.317 e. The van der Waals surface area contributed by atoms with Crippen molar-refractivity contribution in [1.82, 2.24) is 15.1 Å². The molecule has 5 nitrogen and oxygen atoms in total. The van der Waals surface area contributed by atoms with Gasteiger partial charge in [-0.05, 0) is 37.5 Å². The number of halogens is 1. The first-order chi connectivity index (χ1) is 10.9. The number of carbonyl (C=O) groups is 2. The third-order valence-electron chi connectivity index (χ3n) is 4.51. The first-order valence-corrected chi connectivity index (χ1v) is 8.30. The van der Waals surface area contributed by atoms with Gasteiger partial charge in [-0.1, -0.05) is 23.7 Å². The van der Waals surface area contributed by atoms with Crippen LogP contribution in [-0.2, 0) is 4.79 Å². The Bertz CT molecular complexity index is 553. The molecule has 1 aliphatic rings. The van der Waals surface area contributed by atoms with Crippen LogP contribution in [0.3, 0.4) is 0 Å². The van der Waals surface area contributed by atoms with Crippen molar-refractivity contribution in [1.29, 1.82) is 0 Å². The molecule has 0 aromatic heterocycles. The Morgan fingerprint density at radius 2 is 1.83 bits per heavy atom. The van der Waals surface area contributed by atoms with Crippen LogP contribution in [0.25, 0.3) is 0 Å². The van der Waals surface area contributed by atoms with Crippen molar-refractivity contribution in [3.8, 4) is 0 Å². The van der Waals surface area contributed by atoms with Crippen molar-refractivity contribution in [2.24, 2.45) is 0 Å². The Morgan fingerprint density at radius 1 is 1.26 bits per heavy atom. The molecule has 1 fully saturated rings. The van der Waals surface area contributed by atoms with Gasteiger partial charge < -0.3 is 15.1 Å². The van der Waals surface area contributed by atoms with E-state index in [-0.39, 0.29) is 24.0 Å². The summed E-state index contributed by atoms with van der Waals surface area (Å²) in [5.74, 6) is 0.0734. The lowest BCUT2D eigenvalue weighted by molar-refractivity contribution is -0.130. The van der Waals surface area contributed by atoms with Crippen molar-refractivity contribution in [2.75, 3.05) is 20.1 Å². The molecule has 1 aliphatic heterocycles. The Kier molecular flexibility index (Phi) is 5.88. The topological polar surface area (TPSA) is 52.7 Å². The van der Waals surface area contributed by atoms with E-state index in [0.29, 0.717) is 18.1 Å². The van der Waals surface area contributed by atoms with Crippen molar-refractivity contribution in [2.45, 2.75) is 38.8 Å². The lowest BCUT2D eigenvalue weighted by Crippen LogP contribution is -2.49. The lowest BCUT2D eigenvalue weighted by atomic mass is 10.0. The zero-order valence-corrected chi connectivity index (χ0v) is 14.6. The number of hydrogen-bond donors (Lipinski definition) is 1. The van der Waals surface area contributed by atoms with E-state index in [1.807, 2.05) is 43.1 Å². The molecule has 0 aliphatic carbocycles. The maximum absolute atomic E-state index is 12.4. The molecule has 6 heteroatoms. The summed E-state index contributed by atoms with van der Waals surface area (Å²) in [6, 6.07) is 7.58. The molecule has 1 aromatic carbocycles. The molecule has 0 saturated carbocycles. The van der Waals surface area contributed by atoms with Crippen LogP contribution >= 0.6 is 11.6 Å². The molecule has 1 heterocycles. The fourth-order valence-corrected chi connectivity index (χ4v) is 2.95. The van der Waals surface area contributed by atoms with E-state index < -0.39 is 0 Å². The fraction of sp³-hybridized carbons (Fsp3) is 0.529.